The number of Topliss-reactive ketones (excluding diaryl/α,β-unsaturated/α-hetero) is 1. The van der Waals surface area contributed by atoms with Crippen molar-refractivity contribution < 1.29 is 18.0 Å². The van der Waals surface area contributed by atoms with Crippen LogP contribution in [0, 0.1) is 0 Å². The maximum Gasteiger partial charge on any atom is 0.455 e. The van der Waals surface area contributed by atoms with E-state index in [1.165, 1.54) is 0 Å². The Morgan fingerprint density at radius 2 is 2.17 bits per heavy atom. The van der Waals surface area contributed by atoms with Crippen LogP contribution in [0.3, 0.4) is 0 Å². The molecule has 0 aliphatic heterocycles. The molecule has 0 saturated heterocycles. The number of thiazole rings is 1. The van der Waals surface area contributed by atoms with Crippen molar-refractivity contribution in [3.63, 3.8) is 0 Å². The fourth-order valence-electron chi connectivity index (χ4n) is 0.532. The molecule has 0 saturated carbocycles. The van der Waals surface area contributed by atoms with E-state index in [-0.39, 0.29) is 5.13 Å². The van der Waals surface area contributed by atoms with E-state index in [0.717, 1.165) is 6.20 Å². The number of ketones is 1. The summed E-state index contributed by atoms with van der Waals surface area (Å²) in [5.74, 6) is -1.91. The molecule has 1 rings (SSSR count). The molecule has 3 nitrogen and oxygen atoms in total. The average Bonchev–Trinajstić information content (AvgIpc) is 2.32. The van der Waals surface area contributed by atoms with E-state index < -0.39 is 16.8 Å². The summed E-state index contributed by atoms with van der Waals surface area (Å²) < 4.78 is 35.2. The molecule has 0 aromatic carbocycles. The first-order valence-electron chi connectivity index (χ1n) is 2.74. The first-order valence-corrected chi connectivity index (χ1v) is 3.55. The number of hydrogen-bond donors (Lipinski definition) is 1. The number of nitrogen functional groups attached to an aromatic ring is 1. The number of rotatable bonds is 1. The number of anilines is 1. The Morgan fingerprint density at radius 3 is 2.50 bits per heavy atom. The van der Waals surface area contributed by atoms with Crippen molar-refractivity contribution in [1.82, 2.24) is 4.98 Å². The normalized spacial score (nSPS) is 11.6. The van der Waals surface area contributed by atoms with Gasteiger partial charge in [0.25, 0.3) is 5.78 Å². The molecule has 0 bridgehead atoms. The van der Waals surface area contributed by atoms with Crippen molar-refractivity contribution in [1.29, 1.82) is 0 Å². The van der Waals surface area contributed by atoms with Crippen molar-refractivity contribution in [3.8, 4) is 0 Å². The summed E-state index contributed by atoms with van der Waals surface area (Å²) in [6, 6.07) is 0. The standard InChI is InChI=1S/C5H3F3N2OS/c6-5(7,8)3(11)2-1-10-4(9)12-2/h1H,(H2,9,10). The van der Waals surface area contributed by atoms with E-state index in [2.05, 4.69) is 4.98 Å². The maximum absolute atomic E-state index is 11.7. The summed E-state index contributed by atoms with van der Waals surface area (Å²) in [5.41, 5.74) is 5.05. The van der Waals surface area contributed by atoms with Gasteiger partial charge >= 0.3 is 6.18 Å². The second-order valence-electron chi connectivity index (χ2n) is 1.89. The quantitative estimate of drug-likeness (QED) is 0.692. The SMILES string of the molecule is Nc1ncc(C(=O)C(F)(F)F)s1. The van der Waals surface area contributed by atoms with E-state index in [0.29, 0.717) is 11.3 Å². The molecular formula is C5H3F3N2OS. The van der Waals surface area contributed by atoms with Gasteiger partial charge in [0, 0.05) is 0 Å². The lowest BCUT2D eigenvalue weighted by atomic mass is 10.3. The molecule has 0 unspecified atom stereocenters. The molecular weight excluding hydrogens is 193 g/mol. The van der Waals surface area contributed by atoms with Gasteiger partial charge in [-0.3, -0.25) is 4.79 Å². The lowest BCUT2D eigenvalue weighted by molar-refractivity contribution is -0.0882. The van der Waals surface area contributed by atoms with Crippen LogP contribution in [-0.4, -0.2) is 16.9 Å². The Balaban J connectivity index is 2.93. The minimum atomic E-state index is -4.85. The molecule has 0 spiro atoms. The van der Waals surface area contributed by atoms with Crippen LogP contribution in [0.15, 0.2) is 6.20 Å². The summed E-state index contributed by atoms with van der Waals surface area (Å²) in [5, 5.41) is -0.0531. The van der Waals surface area contributed by atoms with Crippen molar-refractivity contribution >= 4 is 22.3 Å². The molecule has 1 aromatic heterocycles. The van der Waals surface area contributed by atoms with Gasteiger partial charge in [-0.2, -0.15) is 13.2 Å². The fourth-order valence-corrected chi connectivity index (χ4v) is 1.18. The molecule has 0 fully saturated rings. The molecule has 0 atom stereocenters. The average molecular weight is 196 g/mol. The van der Waals surface area contributed by atoms with Gasteiger partial charge in [-0.05, 0) is 0 Å². The molecule has 2 N–H and O–H groups in total. The summed E-state index contributed by atoms with van der Waals surface area (Å²) >= 11 is 0.520. The predicted molar refractivity (Wildman–Crippen MR) is 36.9 cm³/mol. The first-order chi connectivity index (χ1) is 5.41. The van der Waals surface area contributed by atoms with Crippen molar-refractivity contribution in [2.24, 2.45) is 0 Å². The highest BCUT2D eigenvalue weighted by molar-refractivity contribution is 7.17. The van der Waals surface area contributed by atoms with Gasteiger partial charge in [-0.15, -0.1) is 0 Å². The summed E-state index contributed by atoms with van der Waals surface area (Å²) in [7, 11) is 0. The number of hydrogen-bond acceptors (Lipinski definition) is 4. The van der Waals surface area contributed by atoms with Crippen LogP contribution in [0.1, 0.15) is 9.67 Å². The molecule has 0 aliphatic carbocycles. The largest absolute Gasteiger partial charge is 0.455 e. The number of halogens is 3. The lowest BCUT2D eigenvalue weighted by Gasteiger charge is -2.00. The van der Waals surface area contributed by atoms with Crippen molar-refractivity contribution in [2.75, 3.05) is 5.73 Å². The second-order valence-corrected chi connectivity index (χ2v) is 2.95. The highest BCUT2D eigenvalue weighted by Gasteiger charge is 2.40. The molecule has 1 aromatic rings. The fraction of sp³-hybridized carbons (Fsp3) is 0.200. The third-order valence-corrected chi connectivity index (χ3v) is 1.83. The molecule has 66 valence electrons. The molecule has 12 heavy (non-hydrogen) atoms. The molecule has 7 heteroatoms. The Morgan fingerprint density at radius 1 is 1.58 bits per heavy atom. The molecule has 1 heterocycles. The van der Waals surface area contributed by atoms with E-state index in [9.17, 15) is 18.0 Å². The lowest BCUT2D eigenvalue weighted by Crippen LogP contribution is -2.21. The zero-order valence-corrected chi connectivity index (χ0v) is 6.37. The Bertz CT molecular complexity index is 306. The van der Waals surface area contributed by atoms with Crippen LogP contribution in [0.25, 0.3) is 0 Å². The van der Waals surface area contributed by atoms with Gasteiger partial charge in [0.15, 0.2) is 5.13 Å². The first kappa shape index (κ1) is 8.98. The zero-order chi connectivity index (χ0) is 9.35. The molecule has 0 radical (unpaired) electrons. The van der Waals surface area contributed by atoms with Crippen LogP contribution in [0.5, 0.6) is 0 Å². The van der Waals surface area contributed by atoms with Crippen LogP contribution < -0.4 is 5.73 Å². The monoisotopic (exact) mass is 196 g/mol. The third-order valence-electron chi connectivity index (χ3n) is 1.00. The number of nitrogens with zero attached hydrogens (tertiary/aromatic N) is 1. The topological polar surface area (TPSA) is 56.0 Å². The van der Waals surface area contributed by atoms with Gasteiger partial charge in [-0.25, -0.2) is 4.98 Å². The number of carbonyl (C=O) groups is 1. The molecule has 0 amide bonds. The Labute approximate surface area is 69.0 Å². The van der Waals surface area contributed by atoms with Gasteiger partial charge in [0.05, 0.1) is 6.20 Å². The minimum absolute atomic E-state index is 0.0531. The van der Waals surface area contributed by atoms with E-state index in [1.54, 1.807) is 0 Å². The summed E-state index contributed by atoms with van der Waals surface area (Å²) in [4.78, 5) is 13.3. The number of carbonyl (C=O) groups excluding carboxylic acids is 1. The van der Waals surface area contributed by atoms with E-state index in [1.807, 2.05) is 0 Å². The predicted octanol–water partition coefficient (Wildman–Crippen LogP) is 1.47. The van der Waals surface area contributed by atoms with Crippen molar-refractivity contribution in [2.45, 2.75) is 6.18 Å². The van der Waals surface area contributed by atoms with E-state index >= 15 is 0 Å². The smallest absolute Gasteiger partial charge is 0.375 e. The van der Waals surface area contributed by atoms with Crippen LogP contribution in [0.4, 0.5) is 18.3 Å². The third kappa shape index (κ3) is 1.73. The summed E-state index contributed by atoms with van der Waals surface area (Å²) in [6.07, 6.45) is -4.03. The van der Waals surface area contributed by atoms with Gasteiger partial charge in [-0.1, -0.05) is 11.3 Å². The van der Waals surface area contributed by atoms with Crippen LogP contribution >= 0.6 is 11.3 Å². The highest BCUT2D eigenvalue weighted by atomic mass is 32.1. The minimum Gasteiger partial charge on any atom is -0.375 e. The Hall–Kier alpha value is -1.11. The van der Waals surface area contributed by atoms with Gasteiger partial charge in [0.2, 0.25) is 0 Å². The Kier molecular flexibility index (Phi) is 2.05. The van der Waals surface area contributed by atoms with Gasteiger partial charge < -0.3 is 5.73 Å². The number of aromatic nitrogens is 1. The summed E-state index contributed by atoms with van der Waals surface area (Å²) in [6.45, 7) is 0. The zero-order valence-electron chi connectivity index (χ0n) is 5.55. The number of nitrogens with two attached hydrogens (primary N) is 1. The maximum atomic E-state index is 11.7. The van der Waals surface area contributed by atoms with Gasteiger partial charge in [0.1, 0.15) is 4.88 Å². The molecule has 0 aliphatic rings. The number of alkyl halides is 3. The second kappa shape index (κ2) is 2.74. The van der Waals surface area contributed by atoms with Crippen LogP contribution in [0.2, 0.25) is 0 Å². The van der Waals surface area contributed by atoms with E-state index in [4.69, 9.17) is 5.73 Å². The highest BCUT2D eigenvalue weighted by Crippen LogP contribution is 2.25. The van der Waals surface area contributed by atoms with Crippen molar-refractivity contribution in [3.05, 3.63) is 11.1 Å². The van der Waals surface area contributed by atoms with Crippen LogP contribution in [-0.2, 0) is 0 Å².